The lowest BCUT2D eigenvalue weighted by atomic mass is 10.1. The maximum absolute atomic E-state index is 10.7. The zero-order valence-electron chi connectivity index (χ0n) is 13.3. The van der Waals surface area contributed by atoms with Crippen molar-refractivity contribution in [2.75, 3.05) is 19.0 Å². The van der Waals surface area contributed by atoms with Crippen molar-refractivity contribution in [1.29, 1.82) is 0 Å². The van der Waals surface area contributed by atoms with E-state index < -0.39 is 10.0 Å². The molecule has 0 rings (SSSR count). The summed E-state index contributed by atoms with van der Waals surface area (Å²) in [5, 5.41) is 4.94. The number of hydrogen-bond acceptors (Lipinski definition) is 3. The number of unbranched alkanes of at least 4 members (excludes halogenated alkanes) is 6. The van der Waals surface area contributed by atoms with Crippen LogP contribution in [-0.4, -0.2) is 27.4 Å². The van der Waals surface area contributed by atoms with E-state index in [9.17, 15) is 8.42 Å². The van der Waals surface area contributed by atoms with Crippen molar-refractivity contribution in [1.82, 2.24) is 0 Å². The Hall–Kier alpha value is -0.130. The Labute approximate surface area is 125 Å². The minimum absolute atomic E-state index is 0.122. The maximum Gasteiger partial charge on any atom is 0.209 e. The first-order valence-electron chi connectivity index (χ1n) is 8.04. The molecule has 1 unspecified atom stereocenters. The van der Waals surface area contributed by atoms with Crippen LogP contribution in [0.3, 0.4) is 0 Å². The van der Waals surface area contributed by atoms with E-state index in [4.69, 9.17) is 9.88 Å². The highest BCUT2D eigenvalue weighted by molar-refractivity contribution is 7.89. The Balaban J connectivity index is 3.14. The molecule has 0 radical (unpaired) electrons. The van der Waals surface area contributed by atoms with Crippen molar-refractivity contribution in [3.8, 4) is 0 Å². The first-order valence-corrected chi connectivity index (χ1v) is 9.75. The van der Waals surface area contributed by atoms with Crippen LogP contribution in [0, 0.1) is 5.92 Å². The molecule has 0 spiro atoms. The molecule has 0 aromatic heterocycles. The maximum atomic E-state index is 10.7. The number of primary sulfonamides is 1. The number of ether oxygens (including phenoxy) is 1. The average molecular weight is 307 g/mol. The fourth-order valence-electron chi connectivity index (χ4n) is 2.25. The molecule has 0 aromatic carbocycles. The van der Waals surface area contributed by atoms with Crippen LogP contribution >= 0.6 is 0 Å². The molecule has 0 aromatic rings. The summed E-state index contributed by atoms with van der Waals surface area (Å²) in [4.78, 5) is 0. The quantitative estimate of drug-likeness (QED) is 0.500. The first-order chi connectivity index (χ1) is 9.45. The molecule has 0 saturated carbocycles. The fraction of sp³-hybridized carbons (Fsp3) is 1.00. The van der Waals surface area contributed by atoms with Gasteiger partial charge in [0.15, 0.2) is 0 Å². The SMILES string of the molecule is CCCC(C)COCCCCCCCCCS(N)(=O)=O. The lowest BCUT2D eigenvalue weighted by Crippen LogP contribution is -2.16. The zero-order valence-corrected chi connectivity index (χ0v) is 14.1. The topological polar surface area (TPSA) is 69.4 Å². The number of rotatable bonds is 14. The highest BCUT2D eigenvalue weighted by Crippen LogP contribution is 2.09. The van der Waals surface area contributed by atoms with Crippen molar-refractivity contribution in [3.63, 3.8) is 0 Å². The first kappa shape index (κ1) is 19.9. The normalized spacial score (nSPS) is 13.6. The monoisotopic (exact) mass is 307 g/mol. The molecule has 0 bridgehead atoms. The molecule has 0 saturated heterocycles. The third-order valence-corrected chi connectivity index (χ3v) is 4.26. The molecule has 0 heterocycles. The Morgan fingerprint density at radius 2 is 1.55 bits per heavy atom. The van der Waals surface area contributed by atoms with Gasteiger partial charge in [-0.25, -0.2) is 13.6 Å². The second-order valence-corrected chi connectivity index (χ2v) is 7.54. The molecule has 2 N–H and O–H groups in total. The Kier molecular flexibility index (Phi) is 12.5. The van der Waals surface area contributed by atoms with Gasteiger partial charge in [-0.1, -0.05) is 52.4 Å². The largest absolute Gasteiger partial charge is 0.381 e. The van der Waals surface area contributed by atoms with Crippen molar-refractivity contribution >= 4 is 10.0 Å². The van der Waals surface area contributed by atoms with Gasteiger partial charge in [0.25, 0.3) is 0 Å². The van der Waals surface area contributed by atoms with E-state index in [1.807, 2.05) is 0 Å². The van der Waals surface area contributed by atoms with E-state index >= 15 is 0 Å². The Morgan fingerprint density at radius 1 is 1.00 bits per heavy atom. The van der Waals surface area contributed by atoms with E-state index in [1.54, 1.807) is 0 Å². The number of nitrogens with two attached hydrogens (primary N) is 1. The molecule has 0 aliphatic carbocycles. The van der Waals surface area contributed by atoms with E-state index in [0.29, 0.717) is 12.3 Å². The molecule has 0 aliphatic rings. The van der Waals surface area contributed by atoms with Crippen LogP contribution in [0.4, 0.5) is 0 Å². The second-order valence-electron chi connectivity index (χ2n) is 5.81. The molecule has 5 heteroatoms. The Bertz CT molecular complexity index is 304. The van der Waals surface area contributed by atoms with Gasteiger partial charge in [-0.3, -0.25) is 0 Å². The summed E-state index contributed by atoms with van der Waals surface area (Å²) in [5.74, 6) is 0.801. The zero-order chi connectivity index (χ0) is 15.3. The predicted octanol–water partition coefficient (Wildman–Crippen LogP) is 3.46. The van der Waals surface area contributed by atoms with Crippen LogP contribution in [0.25, 0.3) is 0 Å². The lowest BCUT2D eigenvalue weighted by Gasteiger charge is -2.10. The van der Waals surface area contributed by atoms with E-state index in [0.717, 1.165) is 32.5 Å². The summed E-state index contributed by atoms with van der Waals surface area (Å²) in [7, 11) is -3.26. The summed E-state index contributed by atoms with van der Waals surface area (Å²) in [6.45, 7) is 6.21. The van der Waals surface area contributed by atoms with Crippen molar-refractivity contribution in [3.05, 3.63) is 0 Å². The summed E-state index contributed by atoms with van der Waals surface area (Å²) < 4.78 is 27.1. The number of sulfonamides is 1. The van der Waals surface area contributed by atoms with Gasteiger partial charge in [0.05, 0.1) is 5.75 Å². The standard InChI is InChI=1S/C15H33NO3S/c1-3-11-15(2)14-19-12-9-7-5-4-6-8-10-13-20(16,17)18/h15H,3-14H2,1-2H3,(H2,16,17,18). The summed E-state index contributed by atoms with van der Waals surface area (Å²) in [6.07, 6.45) is 9.96. The fourth-order valence-corrected chi connectivity index (χ4v) is 2.86. The van der Waals surface area contributed by atoms with Gasteiger partial charge in [-0.05, 0) is 25.2 Å². The van der Waals surface area contributed by atoms with Crippen molar-refractivity contribution in [2.24, 2.45) is 11.1 Å². The summed E-state index contributed by atoms with van der Waals surface area (Å²) >= 11 is 0. The van der Waals surface area contributed by atoms with E-state index in [2.05, 4.69) is 13.8 Å². The molecule has 0 amide bonds. The minimum Gasteiger partial charge on any atom is -0.381 e. The molecular weight excluding hydrogens is 274 g/mol. The van der Waals surface area contributed by atoms with Crippen LogP contribution in [0.5, 0.6) is 0 Å². The predicted molar refractivity (Wildman–Crippen MR) is 85.2 cm³/mol. The summed E-state index contributed by atoms with van der Waals surface area (Å²) in [6, 6.07) is 0. The highest BCUT2D eigenvalue weighted by atomic mass is 32.2. The van der Waals surface area contributed by atoms with Gasteiger partial charge in [0, 0.05) is 13.2 Å². The Morgan fingerprint density at radius 3 is 2.10 bits per heavy atom. The third-order valence-electron chi connectivity index (χ3n) is 3.40. The van der Waals surface area contributed by atoms with Gasteiger partial charge in [0.1, 0.15) is 0 Å². The molecule has 122 valence electrons. The van der Waals surface area contributed by atoms with Crippen LogP contribution < -0.4 is 5.14 Å². The third kappa shape index (κ3) is 15.9. The van der Waals surface area contributed by atoms with Gasteiger partial charge in [0.2, 0.25) is 10.0 Å². The van der Waals surface area contributed by atoms with Gasteiger partial charge in [-0.15, -0.1) is 0 Å². The van der Waals surface area contributed by atoms with Crippen molar-refractivity contribution < 1.29 is 13.2 Å². The van der Waals surface area contributed by atoms with Crippen molar-refractivity contribution in [2.45, 2.75) is 71.6 Å². The van der Waals surface area contributed by atoms with Gasteiger partial charge in [-0.2, -0.15) is 0 Å². The molecule has 4 nitrogen and oxygen atoms in total. The molecule has 0 fully saturated rings. The van der Waals surface area contributed by atoms with Gasteiger partial charge < -0.3 is 4.74 Å². The minimum atomic E-state index is -3.26. The van der Waals surface area contributed by atoms with Gasteiger partial charge >= 0.3 is 0 Å². The highest BCUT2D eigenvalue weighted by Gasteiger charge is 2.02. The van der Waals surface area contributed by atoms with Crippen LogP contribution in [0.1, 0.15) is 71.6 Å². The smallest absolute Gasteiger partial charge is 0.209 e. The molecule has 20 heavy (non-hydrogen) atoms. The molecular formula is C15H33NO3S. The molecule has 1 atom stereocenters. The van der Waals surface area contributed by atoms with Crippen LogP contribution in [0.15, 0.2) is 0 Å². The lowest BCUT2D eigenvalue weighted by molar-refractivity contribution is 0.0983. The van der Waals surface area contributed by atoms with Crippen LogP contribution in [0.2, 0.25) is 0 Å². The van der Waals surface area contributed by atoms with E-state index in [-0.39, 0.29) is 5.75 Å². The summed E-state index contributed by atoms with van der Waals surface area (Å²) in [5.41, 5.74) is 0. The number of hydrogen-bond donors (Lipinski definition) is 1. The van der Waals surface area contributed by atoms with Crippen LogP contribution in [-0.2, 0) is 14.8 Å². The average Bonchev–Trinajstić information content (AvgIpc) is 2.35. The van der Waals surface area contributed by atoms with E-state index in [1.165, 1.54) is 32.1 Å². The second kappa shape index (κ2) is 12.6. The molecule has 0 aliphatic heterocycles.